The molecule has 3 aliphatic rings. The van der Waals surface area contributed by atoms with Gasteiger partial charge in [0.1, 0.15) is 23.7 Å². The summed E-state index contributed by atoms with van der Waals surface area (Å²) in [6.45, 7) is 8.82. The van der Waals surface area contributed by atoms with Gasteiger partial charge in [-0.05, 0) is 84.4 Å². The van der Waals surface area contributed by atoms with Crippen LogP contribution in [0.25, 0.3) is 44.7 Å². The maximum atomic E-state index is 13.8. The lowest BCUT2D eigenvalue weighted by Gasteiger charge is -2.30. The Hall–Kier alpha value is -6.90. The summed E-state index contributed by atoms with van der Waals surface area (Å²) in [4.78, 5) is 72.4. The lowest BCUT2D eigenvalue weighted by atomic mass is 9.77. The molecule has 4 N–H and O–H groups in total. The molecule has 3 aromatic heterocycles. The van der Waals surface area contributed by atoms with Gasteiger partial charge in [0.15, 0.2) is 0 Å². The highest BCUT2D eigenvalue weighted by Gasteiger charge is 2.39. The van der Waals surface area contributed by atoms with Crippen LogP contribution < -0.4 is 10.6 Å². The van der Waals surface area contributed by atoms with Gasteiger partial charge in [0.25, 0.3) is 0 Å². The topological polar surface area (TPSA) is 180 Å². The third kappa shape index (κ3) is 8.08. The largest absolute Gasteiger partial charge is 0.453 e. The van der Waals surface area contributed by atoms with Crippen molar-refractivity contribution < 1.29 is 28.7 Å². The van der Waals surface area contributed by atoms with E-state index < -0.39 is 24.3 Å². The quantitative estimate of drug-likeness (QED) is 0.100. The number of nitrogens with zero attached hydrogens (tertiary/aromatic N) is 5. The Labute approximate surface area is 384 Å². The Morgan fingerprint density at radius 3 is 1.77 bits per heavy atom. The minimum Gasteiger partial charge on any atom is -0.453 e. The van der Waals surface area contributed by atoms with Crippen molar-refractivity contribution in [2.75, 3.05) is 27.3 Å². The predicted molar refractivity (Wildman–Crippen MR) is 251 cm³/mol. The summed E-state index contributed by atoms with van der Waals surface area (Å²) >= 11 is 0. The van der Waals surface area contributed by atoms with Gasteiger partial charge in [-0.15, -0.1) is 0 Å². The van der Waals surface area contributed by atoms with E-state index in [1.54, 1.807) is 0 Å². The molecule has 0 bridgehead atoms. The fourth-order valence-electron chi connectivity index (χ4n) is 10.5. The number of carbonyl (C=O) groups excluding carboxylic acids is 4. The number of hydrogen-bond acceptors (Lipinski definition) is 8. The van der Waals surface area contributed by atoms with Gasteiger partial charge in [0, 0.05) is 48.1 Å². The summed E-state index contributed by atoms with van der Waals surface area (Å²) in [5.74, 6) is 1.01. The Bertz CT molecular complexity index is 2790. The second kappa shape index (κ2) is 18.2. The van der Waals surface area contributed by atoms with E-state index in [1.807, 2.05) is 49.9 Å². The Kier molecular flexibility index (Phi) is 12.2. The zero-order valence-electron chi connectivity index (χ0n) is 38.7. The number of fused-ring (bicyclic) bond motifs is 5. The normalized spacial score (nSPS) is 18.9. The second-order valence-electron chi connectivity index (χ2n) is 18.6. The first-order chi connectivity index (χ1) is 31.9. The first-order valence-electron chi connectivity index (χ1n) is 23.1. The summed E-state index contributed by atoms with van der Waals surface area (Å²) < 4.78 is 12.0. The molecule has 4 amide bonds. The Balaban J connectivity index is 1.03. The first-order valence-corrected chi connectivity index (χ1v) is 23.1. The van der Waals surface area contributed by atoms with Gasteiger partial charge in [-0.3, -0.25) is 9.59 Å². The summed E-state index contributed by atoms with van der Waals surface area (Å²) in [6.07, 6.45) is 6.48. The van der Waals surface area contributed by atoms with Crippen LogP contribution in [0.15, 0.2) is 79.1 Å². The van der Waals surface area contributed by atoms with Crippen molar-refractivity contribution in [2.24, 2.45) is 18.9 Å². The van der Waals surface area contributed by atoms with Crippen molar-refractivity contribution in [3.63, 3.8) is 0 Å². The second-order valence-corrected chi connectivity index (χ2v) is 18.6. The van der Waals surface area contributed by atoms with E-state index in [9.17, 15) is 19.2 Å². The number of aryl methyl sites for hydroxylation is 1. The molecule has 2 fully saturated rings. The van der Waals surface area contributed by atoms with Gasteiger partial charge < -0.3 is 44.4 Å². The van der Waals surface area contributed by atoms with Crippen LogP contribution in [0.4, 0.5) is 9.59 Å². The zero-order valence-corrected chi connectivity index (χ0v) is 38.7. The highest BCUT2D eigenvalue weighted by molar-refractivity contribution is 5.97. The van der Waals surface area contributed by atoms with Crippen molar-refractivity contribution in [3.05, 3.63) is 107 Å². The van der Waals surface area contributed by atoms with Crippen LogP contribution in [0.2, 0.25) is 0 Å². The van der Waals surface area contributed by atoms with Crippen LogP contribution in [0.5, 0.6) is 0 Å². The van der Waals surface area contributed by atoms with E-state index >= 15 is 0 Å². The molecule has 5 heterocycles. The molecule has 0 saturated carbocycles. The van der Waals surface area contributed by atoms with Gasteiger partial charge in [-0.1, -0.05) is 76.2 Å². The Morgan fingerprint density at radius 2 is 1.24 bits per heavy atom. The Morgan fingerprint density at radius 1 is 0.712 bits per heavy atom. The highest BCUT2D eigenvalue weighted by Crippen LogP contribution is 2.49. The molecule has 0 spiro atoms. The van der Waals surface area contributed by atoms with E-state index in [4.69, 9.17) is 19.4 Å². The van der Waals surface area contributed by atoms with Crippen LogP contribution in [0.3, 0.4) is 0 Å². The average molecular weight is 894 g/mol. The standard InChI is InChI=1S/C51H59N9O6/c1-28(2)43(56-50(63)65-6)48(61)59-21-11-15-40(59)46-52-26-37(54-46)31-17-19-34-33(23-31)25-35(30-13-9-8-10-14-30)42-36-24-32(18-20-39(36)58(5)45(34)42)38-27-53-47(55-38)41-16-12-22-60(41)49(62)44(29(3)4)57-51(64)66-7/h8-10,13-14,17-20,23-24,26-29,35,40-41,43-44H,11-12,15-16,21-22,25H2,1-7H3,(H,52,54)(H,53,55)(H,56,63)(H,57,64)/t35?,40-,41-,43-,44?/m0/s1. The molecule has 9 rings (SSSR count). The summed E-state index contributed by atoms with van der Waals surface area (Å²) in [6, 6.07) is 22.1. The maximum absolute atomic E-state index is 13.8. The first kappa shape index (κ1) is 44.3. The molecule has 15 heteroatoms. The van der Waals surface area contributed by atoms with Crippen LogP contribution in [-0.2, 0) is 32.5 Å². The number of rotatable bonds is 11. The molecule has 3 aromatic carbocycles. The highest BCUT2D eigenvalue weighted by atomic mass is 16.5. The molecular formula is C51H59N9O6. The van der Waals surface area contributed by atoms with Crippen LogP contribution in [0, 0.1) is 11.8 Å². The fourth-order valence-corrected chi connectivity index (χ4v) is 10.5. The molecule has 2 saturated heterocycles. The van der Waals surface area contributed by atoms with E-state index in [2.05, 4.69) is 98.9 Å². The number of aromatic nitrogens is 5. The van der Waals surface area contributed by atoms with Crippen molar-refractivity contribution in [1.29, 1.82) is 0 Å². The van der Waals surface area contributed by atoms with Crippen molar-refractivity contribution in [1.82, 2.24) is 44.9 Å². The molecule has 1 aliphatic carbocycles. The smallest absolute Gasteiger partial charge is 0.407 e. The molecule has 2 unspecified atom stereocenters. The molecular weight excluding hydrogens is 835 g/mol. The number of methoxy groups -OCH3 is 2. The minimum absolute atomic E-state index is 0.0775. The fraction of sp³-hybridized carbons (Fsp3) is 0.412. The lowest BCUT2D eigenvalue weighted by molar-refractivity contribution is -0.136. The number of nitrogens with one attached hydrogen (secondary N) is 4. The number of alkyl carbamates (subject to hydrolysis) is 2. The summed E-state index contributed by atoms with van der Waals surface area (Å²) in [5, 5.41) is 6.64. The maximum Gasteiger partial charge on any atom is 0.407 e. The van der Waals surface area contributed by atoms with Crippen LogP contribution in [-0.4, -0.2) is 97.7 Å². The SMILES string of the molecule is COC(=O)NC(C(=O)N1CCC[C@H]1c1ncc(-c2ccc3c(c2)c2c(n3C)-c3ccc(-c4cnc([C@@H]5CCCN5C(=O)[C@@H](NC(=O)OC)C(C)C)[nH]4)cc3CC2c2ccccc2)[nH]1)C(C)C. The van der Waals surface area contributed by atoms with Crippen molar-refractivity contribution in [2.45, 2.75) is 89.9 Å². The number of amides is 4. The van der Waals surface area contributed by atoms with Crippen molar-refractivity contribution in [3.8, 4) is 33.8 Å². The zero-order chi connectivity index (χ0) is 46.4. The molecule has 66 heavy (non-hydrogen) atoms. The molecule has 6 aromatic rings. The summed E-state index contributed by atoms with van der Waals surface area (Å²) in [7, 11) is 4.74. The number of ether oxygens (including phenoxy) is 2. The number of hydrogen-bond donors (Lipinski definition) is 4. The van der Waals surface area contributed by atoms with Crippen LogP contribution in [0.1, 0.15) is 99.7 Å². The number of likely N-dealkylation sites (tertiary alicyclic amines) is 2. The monoisotopic (exact) mass is 893 g/mol. The number of aromatic amines is 2. The summed E-state index contributed by atoms with van der Waals surface area (Å²) in [5.41, 5.74) is 11.0. The number of imidazole rings is 2. The number of H-pyrrole nitrogens is 2. The molecule has 5 atom stereocenters. The molecule has 15 nitrogen and oxygen atoms in total. The molecule has 344 valence electrons. The van der Waals surface area contributed by atoms with Gasteiger partial charge >= 0.3 is 12.2 Å². The van der Waals surface area contributed by atoms with Gasteiger partial charge in [-0.25, -0.2) is 19.6 Å². The molecule has 2 aliphatic heterocycles. The third-order valence-electron chi connectivity index (χ3n) is 13.9. The average Bonchev–Trinajstić information content (AvgIpc) is 4.19. The predicted octanol–water partition coefficient (Wildman–Crippen LogP) is 8.40. The van der Waals surface area contributed by atoms with E-state index in [0.29, 0.717) is 13.1 Å². The van der Waals surface area contributed by atoms with Gasteiger partial charge in [0.2, 0.25) is 11.8 Å². The minimum atomic E-state index is -0.707. The number of benzene rings is 3. The van der Waals surface area contributed by atoms with E-state index in [1.165, 1.54) is 47.6 Å². The van der Waals surface area contributed by atoms with E-state index in [0.717, 1.165) is 71.8 Å². The lowest BCUT2D eigenvalue weighted by Crippen LogP contribution is -2.51. The molecule has 0 radical (unpaired) electrons. The van der Waals surface area contributed by atoms with Crippen molar-refractivity contribution >= 4 is 34.9 Å². The van der Waals surface area contributed by atoms with E-state index in [-0.39, 0.29) is 41.7 Å². The van der Waals surface area contributed by atoms with Crippen LogP contribution >= 0.6 is 0 Å². The number of carbonyl (C=O) groups is 4. The van der Waals surface area contributed by atoms with Gasteiger partial charge in [-0.2, -0.15) is 0 Å². The third-order valence-corrected chi connectivity index (χ3v) is 13.9. The van der Waals surface area contributed by atoms with Gasteiger partial charge in [0.05, 0.1) is 55.8 Å².